The molecule has 3 nitrogen and oxygen atoms in total. The minimum absolute atomic E-state index is 0.0206. The summed E-state index contributed by atoms with van der Waals surface area (Å²) >= 11 is 1.53. The standard InChI is InChI=1S/C13H13FN2OS/c1-16(6-12-8-18-9-15-12)7-13(17)10-2-4-11(14)5-3-10/h2-5,8-9H,6-7H2,1H3. The van der Waals surface area contributed by atoms with Gasteiger partial charge < -0.3 is 0 Å². The summed E-state index contributed by atoms with van der Waals surface area (Å²) in [5, 5.41) is 1.96. The summed E-state index contributed by atoms with van der Waals surface area (Å²) in [5.41, 5.74) is 3.25. The van der Waals surface area contributed by atoms with Crippen molar-refractivity contribution in [2.24, 2.45) is 0 Å². The molecule has 0 amide bonds. The first-order valence-corrected chi connectivity index (χ1v) is 6.44. The molecular weight excluding hydrogens is 251 g/mol. The zero-order valence-corrected chi connectivity index (χ0v) is 10.8. The number of thiazole rings is 1. The molecule has 18 heavy (non-hydrogen) atoms. The Morgan fingerprint density at radius 1 is 1.39 bits per heavy atom. The van der Waals surface area contributed by atoms with Crippen LogP contribution in [0.25, 0.3) is 0 Å². The van der Waals surface area contributed by atoms with Crippen LogP contribution in [-0.2, 0) is 6.54 Å². The van der Waals surface area contributed by atoms with Crippen molar-refractivity contribution in [3.8, 4) is 0 Å². The van der Waals surface area contributed by atoms with Crippen molar-refractivity contribution in [2.75, 3.05) is 13.6 Å². The second kappa shape index (κ2) is 5.84. The highest BCUT2D eigenvalue weighted by molar-refractivity contribution is 7.07. The molecule has 0 saturated carbocycles. The van der Waals surface area contributed by atoms with Gasteiger partial charge in [-0.2, -0.15) is 0 Å². The van der Waals surface area contributed by atoms with E-state index in [1.165, 1.54) is 35.6 Å². The van der Waals surface area contributed by atoms with Crippen molar-refractivity contribution in [1.82, 2.24) is 9.88 Å². The molecule has 1 aromatic heterocycles. The molecule has 2 aromatic rings. The maximum atomic E-state index is 12.7. The summed E-state index contributed by atoms with van der Waals surface area (Å²) in [7, 11) is 1.86. The van der Waals surface area contributed by atoms with Crippen molar-refractivity contribution >= 4 is 17.1 Å². The second-order valence-electron chi connectivity index (χ2n) is 4.08. The molecular formula is C13H13FN2OS. The normalized spacial score (nSPS) is 10.8. The molecule has 0 bridgehead atoms. The predicted molar refractivity (Wildman–Crippen MR) is 69.2 cm³/mol. The number of nitrogens with zero attached hydrogens (tertiary/aromatic N) is 2. The van der Waals surface area contributed by atoms with E-state index in [0.717, 1.165) is 5.69 Å². The molecule has 0 spiro atoms. The van der Waals surface area contributed by atoms with Crippen molar-refractivity contribution < 1.29 is 9.18 Å². The van der Waals surface area contributed by atoms with Gasteiger partial charge in [-0.1, -0.05) is 0 Å². The van der Waals surface area contributed by atoms with Crippen molar-refractivity contribution in [2.45, 2.75) is 6.54 Å². The molecule has 2 rings (SSSR count). The first-order valence-electron chi connectivity index (χ1n) is 5.49. The average molecular weight is 264 g/mol. The van der Waals surface area contributed by atoms with Crippen LogP contribution >= 0.6 is 11.3 Å². The third-order valence-electron chi connectivity index (χ3n) is 2.50. The van der Waals surface area contributed by atoms with Crippen LogP contribution < -0.4 is 0 Å². The smallest absolute Gasteiger partial charge is 0.176 e. The molecule has 0 fully saturated rings. The summed E-state index contributed by atoms with van der Waals surface area (Å²) in [6.45, 7) is 0.930. The maximum Gasteiger partial charge on any atom is 0.176 e. The highest BCUT2D eigenvalue weighted by Gasteiger charge is 2.10. The Bertz CT molecular complexity index is 510. The van der Waals surface area contributed by atoms with Gasteiger partial charge in [-0.25, -0.2) is 9.37 Å². The van der Waals surface area contributed by atoms with Crippen LogP contribution in [0.1, 0.15) is 16.1 Å². The summed E-state index contributed by atoms with van der Waals surface area (Å²) in [6.07, 6.45) is 0. The SMILES string of the molecule is CN(CC(=O)c1ccc(F)cc1)Cc1cscn1. The van der Waals surface area contributed by atoms with E-state index >= 15 is 0 Å². The van der Waals surface area contributed by atoms with Crippen LogP contribution in [0, 0.1) is 5.82 Å². The van der Waals surface area contributed by atoms with Gasteiger partial charge in [0.25, 0.3) is 0 Å². The van der Waals surface area contributed by atoms with E-state index in [0.29, 0.717) is 18.7 Å². The largest absolute Gasteiger partial charge is 0.293 e. The molecule has 0 N–H and O–H groups in total. The van der Waals surface area contributed by atoms with E-state index in [4.69, 9.17) is 0 Å². The van der Waals surface area contributed by atoms with Gasteiger partial charge in [0.05, 0.1) is 17.7 Å². The average Bonchev–Trinajstić information content (AvgIpc) is 2.82. The zero-order chi connectivity index (χ0) is 13.0. The number of rotatable bonds is 5. The van der Waals surface area contributed by atoms with Crippen LogP contribution in [0.4, 0.5) is 4.39 Å². The van der Waals surface area contributed by atoms with E-state index in [-0.39, 0.29) is 11.6 Å². The molecule has 0 saturated heterocycles. The van der Waals surface area contributed by atoms with Crippen molar-refractivity contribution in [3.63, 3.8) is 0 Å². The molecule has 0 atom stereocenters. The highest BCUT2D eigenvalue weighted by Crippen LogP contribution is 2.07. The van der Waals surface area contributed by atoms with E-state index < -0.39 is 0 Å². The van der Waals surface area contributed by atoms with Gasteiger partial charge >= 0.3 is 0 Å². The number of hydrogen-bond donors (Lipinski definition) is 0. The lowest BCUT2D eigenvalue weighted by atomic mass is 10.1. The Kier molecular flexibility index (Phi) is 4.17. The number of halogens is 1. The van der Waals surface area contributed by atoms with Crippen LogP contribution in [0.5, 0.6) is 0 Å². The fourth-order valence-corrected chi connectivity index (χ4v) is 2.17. The van der Waals surface area contributed by atoms with E-state index in [1.807, 2.05) is 17.3 Å². The maximum absolute atomic E-state index is 12.7. The van der Waals surface area contributed by atoms with E-state index in [9.17, 15) is 9.18 Å². The zero-order valence-electron chi connectivity index (χ0n) is 9.97. The van der Waals surface area contributed by atoms with Crippen molar-refractivity contribution in [1.29, 1.82) is 0 Å². The number of benzene rings is 1. The van der Waals surface area contributed by atoms with Gasteiger partial charge in [-0.15, -0.1) is 11.3 Å². The summed E-state index contributed by atoms with van der Waals surface area (Å²) in [4.78, 5) is 18.0. The molecule has 5 heteroatoms. The lowest BCUT2D eigenvalue weighted by Crippen LogP contribution is -2.25. The molecule has 0 aliphatic heterocycles. The van der Waals surface area contributed by atoms with E-state index in [2.05, 4.69) is 4.98 Å². The summed E-state index contributed by atoms with van der Waals surface area (Å²) < 4.78 is 12.7. The van der Waals surface area contributed by atoms with E-state index in [1.54, 1.807) is 5.51 Å². The molecule has 0 unspecified atom stereocenters. The molecule has 94 valence electrons. The Morgan fingerprint density at radius 2 is 2.11 bits per heavy atom. The van der Waals surface area contributed by atoms with Gasteiger partial charge in [-0.3, -0.25) is 9.69 Å². The van der Waals surface area contributed by atoms with Gasteiger partial charge in [0.1, 0.15) is 5.82 Å². The first kappa shape index (κ1) is 12.9. The Hall–Kier alpha value is -1.59. The number of aromatic nitrogens is 1. The monoisotopic (exact) mass is 264 g/mol. The summed E-state index contributed by atoms with van der Waals surface area (Å²) in [5.74, 6) is -0.352. The molecule has 0 radical (unpaired) electrons. The molecule has 1 heterocycles. The van der Waals surface area contributed by atoms with Gasteiger partial charge in [0, 0.05) is 17.5 Å². The van der Waals surface area contributed by atoms with Crippen LogP contribution in [0.2, 0.25) is 0 Å². The number of carbonyl (C=O) groups excluding carboxylic acids is 1. The van der Waals surface area contributed by atoms with Crippen molar-refractivity contribution in [3.05, 3.63) is 52.2 Å². The first-order chi connectivity index (χ1) is 8.65. The second-order valence-corrected chi connectivity index (χ2v) is 4.80. The van der Waals surface area contributed by atoms with Crippen LogP contribution in [-0.4, -0.2) is 29.3 Å². The number of hydrogen-bond acceptors (Lipinski definition) is 4. The minimum atomic E-state index is -0.331. The lowest BCUT2D eigenvalue weighted by Gasteiger charge is -2.14. The highest BCUT2D eigenvalue weighted by atomic mass is 32.1. The number of likely N-dealkylation sites (N-methyl/N-ethyl adjacent to an activating group) is 1. The Labute approximate surface area is 109 Å². The molecule has 0 aliphatic rings. The lowest BCUT2D eigenvalue weighted by molar-refractivity contribution is 0.0942. The van der Waals surface area contributed by atoms with Gasteiger partial charge in [0.2, 0.25) is 0 Å². The Balaban J connectivity index is 1.92. The van der Waals surface area contributed by atoms with Gasteiger partial charge in [0.15, 0.2) is 5.78 Å². The minimum Gasteiger partial charge on any atom is -0.293 e. The number of carbonyl (C=O) groups is 1. The number of ketones is 1. The quantitative estimate of drug-likeness (QED) is 0.778. The van der Waals surface area contributed by atoms with Gasteiger partial charge in [-0.05, 0) is 31.3 Å². The fourth-order valence-electron chi connectivity index (χ4n) is 1.62. The predicted octanol–water partition coefficient (Wildman–Crippen LogP) is 2.60. The van der Waals surface area contributed by atoms with Crippen LogP contribution in [0.3, 0.4) is 0 Å². The Morgan fingerprint density at radius 3 is 2.72 bits per heavy atom. The topological polar surface area (TPSA) is 33.2 Å². The molecule has 1 aromatic carbocycles. The van der Waals surface area contributed by atoms with Crippen LogP contribution in [0.15, 0.2) is 35.2 Å². The third kappa shape index (κ3) is 3.45. The fraction of sp³-hybridized carbons (Fsp3) is 0.231. The third-order valence-corrected chi connectivity index (χ3v) is 3.13. The number of Topliss-reactive ketones (excluding diaryl/α,β-unsaturated/α-hetero) is 1. The summed E-state index contributed by atoms with van der Waals surface area (Å²) in [6, 6.07) is 5.62. The molecule has 0 aliphatic carbocycles.